The van der Waals surface area contributed by atoms with E-state index in [9.17, 15) is 0 Å². The third-order valence-corrected chi connectivity index (χ3v) is 1.57. The molecule has 1 aromatic rings. The minimum Gasteiger partial charge on any atom is -0.329 e. The quantitative estimate of drug-likeness (QED) is 0.345. The summed E-state index contributed by atoms with van der Waals surface area (Å²) in [5, 5.41) is 7.29. The molecule has 0 saturated heterocycles. The first kappa shape index (κ1) is 8.95. The van der Waals surface area contributed by atoms with Crippen LogP contribution in [0.1, 0.15) is 6.92 Å². The van der Waals surface area contributed by atoms with E-state index in [4.69, 9.17) is 18.1 Å². The zero-order valence-electron chi connectivity index (χ0n) is 6.74. The summed E-state index contributed by atoms with van der Waals surface area (Å²) in [6, 6.07) is 0. The molecule has 12 heavy (non-hydrogen) atoms. The van der Waals surface area contributed by atoms with Crippen LogP contribution in [0.5, 0.6) is 0 Å². The van der Waals surface area contributed by atoms with Crippen LogP contribution < -0.4 is 16.6 Å². The second-order valence-electron chi connectivity index (χ2n) is 2.18. The Bertz CT molecular complexity index is 269. The molecule has 0 unspecified atom stereocenters. The van der Waals surface area contributed by atoms with E-state index in [2.05, 4.69) is 15.8 Å². The highest BCUT2D eigenvalue weighted by Crippen LogP contribution is 2.03. The molecule has 0 bridgehead atoms. The SMILES string of the molecule is CCn1cc(NC(=S)NN)cn1. The molecule has 0 aliphatic heterocycles. The van der Waals surface area contributed by atoms with Gasteiger partial charge in [-0.25, -0.2) is 5.84 Å². The van der Waals surface area contributed by atoms with Crippen LogP contribution in [0.2, 0.25) is 0 Å². The van der Waals surface area contributed by atoms with Crippen molar-refractivity contribution < 1.29 is 0 Å². The topological polar surface area (TPSA) is 67.9 Å². The maximum Gasteiger partial charge on any atom is 0.185 e. The molecule has 6 heteroatoms. The minimum absolute atomic E-state index is 0.380. The third kappa shape index (κ3) is 2.18. The molecule has 0 aromatic carbocycles. The van der Waals surface area contributed by atoms with Crippen molar-refractivity contribution in [3.63, 3.8) is 0 Å². The summed E-state index contributed by atoms with van der Waals surface area (Å²) in [6.45, 7) is 2.85. The number of anilines is 1. The molecule has 0 fully saturated rings. The smallest absolute Gasteiger partial charge is 0.185 e. The molecule has 0 saturated carbocycles. The molecule has 0 amide bonds. The lowest BCUT2D eigenvalue weighted by Gasteiger charge is -2.01. The Hall–Kier alpha value is -1.14. The van der Waals surface area contributed by atoms with E-state index in [1.54, 1.807) is 10.9 Å². The summed E-state index contributed by atoms with van der Waals surface area (Å²) >= 11 is 4.80. The first-order valence-electron chi connectivity index (χ1n) is 3.56. The molecule has 0 radical (unpaired) electrons. The van der Waals surface area contributed by atoms with Crippen molar-refractivity contribution in [3.05, 3.63) is 12.4 Å². The molecular formula is C6H11N5S. The van der Waals surface area contributed by atoms with Gasteiger partial charge in [-0.3, -0.25) is 4.68 Å². The summed E-state index contributed by atoms with van der Waals surface area (Å²) in [5.41, 5.74) is 3.16. The second kappa shape index (κ2) is 4.03. The maximum atomic E-state index is 5.08. The summed E-state index contributed by atoms with van der Waals surface area (Å²) in [6.07, 6.45) is 3.54. The molecular weight excluding hydrogens is 174 g/mol. The van der Waals surface area contributed by atoms with Crippen LogP contribution in [0.25, 0.3) is 0 Å². The second-order valence-corrected chi connectivity index (χ2v) is 2.59. The fourth-order valence-electron chi connectivity index (χ4n) is 0.768. The van der Waals surface area contributed by atoms with Crippen LogP contribution >= 0.6 is 12.2 Å². The van der Waals surface area contributed by atoms with Gasteiger partial charge in [-0.2, -0.15) is 5.10 Å². The molecule has 1 aromatic heterocycles. The molecule has 0 aliphatic carbocycles. The van der Waals surface area contributed by atoms with Crippen LogP contribution in [-0.2, 0) is 6.54 Å². The Kier molecular flexibility index (Phi) is 3.01. The Morgan fingerprint density at radius 1 is 1.83 bits per heavy atom. The Balaban J connectivity index is 2.58. The highest BCUT2D eigenvalue weighted by molar-refractivity contribution is 7.80. The number of aromatic nitrogens is 2. The Morgan fingerprint density at radius 3 is 3.08 bits per heavy atom. The van der Waals surface area contributed by atoms with Crippen molar-refractivity contribution in [2.75, 3.05) is 5.32 Å². The van der Waals surface area contributed by atoms with Crippen LogP contribution in [-0.4, -0.2) is 14.9 Å². The van der Waals surface area contributed by atoms with E-state index in [1.807, 2.05) is 13.1 Å². The van der Waals surface area contributed by atoms with Gasteiger partial charge in [0.25, 0.3) is 0 Å². The van der Waals surface area contributed by atoms with Gasteiger partial charge in [-0.1, -0.05) is 0 Å². The lowest BCUT2D eigenvalue weighted by Crippen LogP contribution is -2.33. The molecule has 0 aliphatic rings. The standard InChI is InChI=1S/C6H11N5S/c1-2-11-4-5(3-8-11)9-6(12)10-7/h3-4H,2,7H2,1H3,(H2,9,10,12). The molecule has 1 rings (SSSR count). The van der Waals surface area contributed by atoms with Crippen molar-refractivity contribution >= 4 is 23.0 Å². The molecule has 4 N–H and O–H groups in total. The summed E-state index contributed by atoms with van der Waals surface area (Å²) in [7, 11) is 0. The van der Waals surface area contributed by atoms with Gasteiger partial charge in [0.1, 0.15) is 0 Å². The predicted octanol–water partition coefficient (Wildman–Crippen LogP) is 0.0631. The zero-order valence-corrected chi connectivity index (χ0v) is 7.56. The Labute approximate surface area is 75.9 Å². The molecule has 66 valence electrons. The number of nitrogens with two attached hydrogens (primary N) is 1. The van der Waals surface area contributed by atoms with Gasteiger partial charge in [0, 0.05) is 12.7 Å². The molecule has 5 nitrogen and oxygen atoms in total. The van der Waals surface area contributed by atoms with Crippen molar-refractivity contribution in [2.24, 2.45) is 5.84 Å². The van der Waals surface area contributed by atoms with Gasteiger partial charge in [0.15, 0.2) is 5.11 Å². The fraction of sp³-hybridized carbons (Fsp3) is 0.333. The fourth-order valence-corrected chi connectivity index (χ4v) is 0.886. The van der Waals surface area contributed by atoms with Crippen molar-refractivity contribution in [1.29, 1.82) is 0 Å². The number of aryl methyl sites for hydroxylation is 1. The lowest BCUT2D eigenvalue weighted by atomic mass is 10.6. The summed E-state index contributed by atoms with van der Waals surface area (Å²) in [4.78, 5) is 0. The normalized spacial score (nSPS) is 9.50. The van der Waals surface area contributed by atoms with Gasteiger partial charge in [0.2, 0.25) is 0 Å². The van der Waals surface area contributed by atoms with Gasteiger partial charge in [-0.15, -0.1) is 0 Å². The summed E-state index contributed by atoms with van der Waals surface area (Å²) in [5.74, 6) is 5.08. The Morgan fingerprint density at radius 2 is 2.58 bits per heavy atom. The average molecular weight is 185 g/mol. The molecule has 0 spiro atoms. The highest BCUT2D eigenvalue weighted by Gasteiger charge is 1.97. The molecule has 1 heterocycles. The first-order chi connectivity index (χ1) is 5.76. The monoisotopic (exact) mass is 185 g/mol. The van der Waals surface area contributed by atoms with Crippen molar-refractivity contribution in [2.45, 2.75) is 13.5 Å². The van der Waals surface area contributed by atoms with Gasteiger partial charge in [0.05, 0.1) is 11.9 Å². The predicted molar refractivity (Wildman–Crippen MR) is 51.4 cm³/mol. The number of hydrogen-bond acceptors (Lipinski definition) is 3. The lowest BCUT2D eigenvalue weighted by molar-refractivity contribution is 0.660. The third-order valence-electron chi connectivity index (χ3n) is 1.35. The van der Waals surface area contributed by atoms with E-state index in [0.29, 0.717) is 5.11 Å². The van der Waals surface area contributed by atoms with Crippen LogP contribution in [0, 0.1) is 0 Å². The van der Waals surface area contributed by atoms with Crippen LogP contribution in [0.3, 0.4) is 0 Å². The van der Waals surface area contributed by atoms with Gasteiger partial charge < -0.3 is 10.7 Å². The van der Waals surface area contributed by atoms with Crippen LogP contribution in [0.4, 0.5) is 5.69 Å². The minimum atomic E-state index is 0.380. The maximum absolute atomic E-state index is 5.08. The van der Waals surface area contributed by atoms with E-state index in [-0.39, 0.29) is 0 Å². The summed E-state index contributed by atoms with van der Waals surface area (Å²) < 4.78 is 1.79. The van der Waals surface area contributed by atoms with E-state index < -0.39 is 0 Å². The number of hydrazine groups is 1. The van der Waals surface area contributed by atoms with E-state index >= 15 is 0 Å². The van der Waals surface area contributed by atoms with Crippen molar-refractivity contribution in [3.8, 4) is 0 Å². The largest absolute Gasteiger partial charge is 0.329 e. The zero-order chi connectivity index (χ0) is 8.97. The number of hydrogen-bond donors (Lipinski definition) is 3. The first-order valence-corrected chi connectivity index (χ1v) is 3.97. The van der Waals surface area contributed by atoms with Gasteiger partial charge >= 0.3 is 0 Å². The van der Waals surface area contributed by atoms with E-state index in [0.717, 1.165) is 12.2 Å². The molecule has 0 atom stereocenters. The number of nitrogens with one attached hydrogen (secondary N) is 2. The van der Waals surface area contributed by atoms with E-state index in [1.165, 1.54) is 0 Å². The average Bonchev–Trinajstić information content (AvgIpc) is 2.52. The number of thiocarbonyl (C=S) groups is 1. The van der Waals surface area contributed by atoms with Gasteiger partial charge in [-0.05, 0) is 19.1 Å². The highest BCUT2D eigenvalue weighted by atomic mass is 32.1. The number of nitrogens with zero attached hydrogens (tertiary/aromatic N) is 2. The van der Waals surface area contributed by atoms with Crippen LogP contribution in [0.15, 0.2) is 12.4 Å². The van der Waals surface area contributed by atoms with Crippen molar-refractivity contribution in [1.82, 2.24) is 15.2 Å². The number of rotatable bonds is 2.